The van der Waals surface area contributed by atoms with Crippen LogP contribution in [-0.4, -0.2) is 33.5 Å². The van der Waals surface area contributed by atoms with Crippen LogP contribution in [0.15, 0.2) is 18.6 Å². The smallest absolute Gasteiger partial charge is 0.180 e. The molecule has 2 aromatic rings. The Balaban J connectivity index is 2.37. The SMILES string of the molecule is CCCCCN(c1nc(NCC)cn2ccnc12)C(C)C. The van der Waals surface area contributed by atoms with Gasteiger partial charge in [0, 0.05) is 31.5 Å². The summed E-state index contributed by atoms with van der Waals surface area (Å²) in [5, 5.41) is 3.30. The molecule has 2 rings (SSSR count). The molecule has 0 saturated carbocycles. The maximum atomic E-state index is 4.79. The molecular weight excluding hydrogens is 262 g/mol. The summed E-state index contributed by atoms with van der Waals surface area (Å²) in [6.45, 7) is 10.6. The highest BCUT2D eigenvalue weighted by Gasteiger charge is 2.17. The van der Waals surface area contributed by atoms with Gasteiger partial charge in [-0.05, 0) is 27.2 Å². The predicted molar refractivity (Wildman–Crippen MR) is 89.2 cm³/mol. The molecule has 1 N–H and O–H groups in total. The quantitative estimate of drug-likeness (QED) is 0.755. The van der Waals surface area contributed by atoms with E-state index in [1.807, 2.05) is 18.6 Å². The maximum absolute atomic E-state index is 4.79. The number of fused-ring (bicyclic) bond motifs is 1. The summed E-state index contributed by atoms with van der Waals surface area (Å²) >= 11 is 0. The molecule has 0 unspecified atom stereocenters. The highest BCUT2D eigenvalue weighted by atomic mass is 15.3. The normalized spacial score (nSPS) is 11.3. The minimum absolute atomic E-state index is 0.409. The van der Waals surface area contributed by atoms with Crippen LogP contribution in [-0.2, 0) is 0 Å². The van der Waals surface area contributed by atoms with Crippen molar-refractivity contribution in [1.29, 1.82) is 0 Å². The first-order valence-corrected chi connectivity index (χ1v) is 8.01. The van der Waals surface area contributed by atoms with E-state index in [4.69, 9.17) is 4.98 Å². The Kier molecular flexibility index (Phi) is 5.42. The van der Waals surface area contributed by atoms with Crippen molar-refractivity contribution >= 4 is 17.3 Å². The third-order valence-corrected chi connectivity index (χ3v) is 3.61. The first-order valence-electron chi connectivity index (χ1n) is 8.01. The fourth-order valence-electron chi connectivity index (χ4n) is 2.51. The van der Waals surface area contributed by atoms with E-state index in [0.717, 1.165) is 30.4 Å². The molecule has 0 bridgehead atoms. The number of nitrogens with zero attached hydrogens (tertiary/aromatic N) is 4. The molecule has 5 heteroatoms. The largest absolute Gasteiger partial charge is 0.369 e. The molecule has 0 aliphatic rings. The van der Waals surface area contributed by atoms with E-state index in [1.165, 1.54) is 19.3 Å². The van der Waals surface area contributed by atoms with Crippen LogP contribution in [0.3, 0.4) is 0 Å². The lowest BCUT2D eigenvalue weighted by molar-refractivity contribution is 0.620. The lowest BCUT2D eigenvalue weighted by atomic mass is 10.2. The third kappa shape index (κ3) is 3.65. The fraction of sp³-hybridized carbons (Fsp3) is 0.625. The average molecular weight is 289 g/mol. The molecule has 21 heavy (non-hydrogen) atoms. The Hall–Kier alpha value is -1.78. The Labute approximate surface area is 127 Å². The van der Waals surface area contributed by atoms with Crippen LogP contribution >= 0.6 is 0 Å². The van der Waals surface area contributed by atoms with Crippen molar-refractivity contribution in [3.05, 3.63) is 18.6 Å². The van der Waals surface area contributed by atoms with Crippen LogP contribution < -0.4 is 10.2 Å². The van der Waals surface area contributed by atoms with E-state index in [-0.39, 0.29) is 0 Å². The number of unbranched alkanes of at least 4 members (excludes halogenated alkanes) is 2. The molecule has 0 atom stereocenters. The van der Waals surface area contributed by atoms with Crippen molar-refractivity contribution in [3.8, 4) is 0 Å². The van der Waals surface area contributed by atoms with Crippen LogP contribution in [0.2, 0.25) is 0 Å². The predicted octanol–water partition coefficient (Wildman–Crippen LogP) is 3.57. The standard InChI is InChI=1S/C16H27N5/c1-5-7-8-10-21(13(3)4)16-15-18-9-11-20(15)12-14(19-16)17-6-2/h9,11-13,17H,5-8,10H2,1-4H3. The van der Waals surface area contributed by atoms with Gasteiger partial charge < -0.3 is 14.6 Å². The zero-order valence-electron chi connectivity index (χ0n) is 13.6. The zero-order chi connectivity index (χ0) is 15.2. The molecule has 0 aromatic carbocycles. The van der Waals surface area contributed by atoms with E-state index >= 15 is 0 Å². The Morgan fingerprint density at radius 1 is 1.29 bits per heavy atom. The van der Waals surface area contributed by atoms with Gasteiger partial charge in [0.2, 0.25) is 0 Å². The summed E-state index contributed by atoms with van der Waals surface area (Å²) in [7, 11) is 0. The average Bonchev–Trinajstić information content (AvgIpc) is 2.91. The van der Waals surface area contributed by atoms with E-state index < -0.39 is 0 Å². The monoisotopic (exact) mass is 289 g/mol. The summed E-state index contributed by atoms with van der Waals surface area (Å²) in [5.74, 6) is 1.88. The first kappa shape index (κ1) is 15.6. The Morgan fingerprint density at radius 2 is 2.10 bits per heavy atom. The van der Waals surface area contributed by atoms with Gasteiger partial charge in [0.05, 0.1) is 6.20 Å². The van der Waals surface area contributed by atoms with Gasteiger partial charge in [0.15, 0.2) is 11.5 Å². The van der Waals surface area contributed by atoms with Gasteiger partial charge in [0.1, 0.15) is 5.82 Å². The molecule has 0 radical (unpaired) electrons. The number of aromatic nitrogens is 3. The van der Waals surface area contributed by atoms with Crippen molar-refractivity contribution in [2.75, 3.05) is 23.3 Å². The second kappa shape index (κ2) is 7.29. The minimum Gasteiger partial charge on any atom is -0.369 e. The highest BCUT2D eigenvalue weighted by molar-refractivity contribution is 5.67. The van der Waals surface area contributed by atoms with Gasteiger partial charge in [-0.3, -0.25) is 0 Å². The maximum Gasteiger partial charge on any atom is 0.180 e. The minimum atomic E-state index is 0.409. The third-order valence-electron chi connectivity index (χ3n) is 3.61. The summed E-state index contributed by atoms with van der Waals surface area (Å²) in [4.78, 5) is 11.6. The van der Waals surface area contributed by atoms with Gasteiger partial charge in [-0.15, -0.1) is 0 Å². The molecule has 5 nitrogen and oxygen atoms in total. The van der Waals surface area contributed by atoms with Crippen LogP contribution in [0.25, 0.3) is 5.65 Å². The number of imidazole rings is 1. The highest BCUT2D eigenvalue weighted by Crippen LogP contribution is 2.23. The fourth-order valence-corrected chi connectivity index (χ4v) is 2.51. The summed E-state index contributed by atoms with van der Waals surface area (Å²) in [6.07, 6.45) is 9.48. The number of hydrogen-bond acceptors (Lipinski definition) is 4. The van der Waals surface area contributed by atoms with Crippen molar-refractivity contribution in [3.63, 3.8) is 0 Å². The lowest BCUT2D eigenvalue weighted by Gasteiger charge is -2.28. The van der Waals surface area contributed by atoms with Gasteiger partial charge >= 0.3 is 0 Å². The van der Waals surface area contributed by atoms with Crippen LogP contribution in [0, 0.1) is 0 Å². The summed E-state index contributed by atoms with van der Waals surface area (Å²) in [6, 6.07) is 0.409. The van der Waals surface area contributed by atoms with Crippen molar-refractivity contribution in [1.82, 2.24) is 14.4 Å². The second-order valence-electron chi connectivity index (χ2n) is 5.63. The van der Waals surface area contributed by atoms with E-state index in [0.29, 0.717) is 6.04 Å². The van der Waals surface area contributed by atoms with Crippen LogP contribution in [0.1, 0.15) is 47.0 Å². The molecule has 116 valence electrons. The molecule has 0 spiro atoms. The molecule has 2 heterocycles. The van der Waals surface area contributed by atoms with Crippen molar-refractivity contribution < 1.29 is 0 Å². The number of rotatable bonds is 8. The molecule has 0 aliphatic carbocycles. The molecule has 2 aromatic heterocycles. The van der Waals surface area contributed by atoms with Crippen molar-refractivity contribution in [2.45, 2.75) is 53.0 Å². The van der Waals surface area contributed by atoms with E-state index in [2.05, 4.69) is 47.3 Å². The molecule has 0 amide bonds. The molecule has 0 aliphatic heterocycles. The van der Waals surface area contributed by atoms with Crippen LogP contribution in [0.4, 0.5) is 11.6 Å². The number of nitrogens with one attached hydrogen (secondary N) is 1. The number of hydrogen-bond donors (Lipinski definition) is 1. The lowest BCUT2D eigenvalue weighted by Crippen LogP contribution is -2.33. The van der Waals surface area contributed by atoms with Gasteiger partial charge in [-0.2, -0.15) is 0 Å². The van der Waals surface area contributed by atoms with Gasteiger partial charge in [-0.1, -0.05) is 19.8 Å². The summed E-state index contributed by atoms with van der Waals surface area (Å²) in [5.41, 5.74) is 0.932. The van der Waals surface area contributed by atoms with Gasteiger partial charge in [0.25, 0.3) is 0 Å². The first-order chi connectivity index (χ1) is 10.2. The van der Waals surface area contributed by atoms with Crippen LogP contribution in [0.5, 0.6) is 0 Å². The molecule has 0 saturated heterocycles. The topological polar surface area (TPSA) is 45.5 Å². The zero-order valence-corrected chi connectivity index (χ0v) is 13.6. The second-order valence-corrected chi connectivity index (χ2v) is 5.63. The summed E-state index contributed by atoms with van der Waals surface area (Å²) < 4.78 is 2.05. The Morgan fingerprint density at radius 3 is 2.76 bits per heavy atom. The number of anilines is 2. The Bertz CT molecular complexity index is 561. The van der Waals surface area contributed by atoms with Crippen molar-refractivity contribution in [2.24, 2.45) is 0 Å². The molecular formula is C16H27N5. The van der Waals surface area contributed by atoms with Gasteiger partial charge in [-0.25, -0.2) is 9.97 Å². The van der Waals surface area contributed by atoms with E-state index in [9.17, 15) is 0 Å². The molecule has 0 fully saturated rings. The van der Waals surface area contributed by atoms with E-state index in [1.54, 1.807) is 0 Å².